The SMILES string of the molecule is Cc1cc(Cc2nc3c(F)cc(C(=O)O)cc3n2[C@@H]2COCC2(C)C)c(Cl)cc1-c1ccc(F)c(OCc2ccc(C#N)cc2F)n1. The van der Waals surface area contributed by atoms with Crippen molar-refractivity contribution in [3.63, 3.8) is 0 Å². The van der Waals surface area contributed by atoms with E-state index in [-0.39, 0.29) is 52.6 Å². The monoisotopic (exact) mass is 660 g/mol. The highest BCUT2D eigenvalue weighted by Gasteiger charge is 2.39. The van der Waals surface area contributed by atoms with Crippen LogP contribution in [0.15, 0.2) is 54.6 Å². The van der Waals surface area contributed by atoms with Crippen molar-refractivity contribution in [2.45, 2.75) is 39.8 Å². The van der Waals surface area contributed by atoms with Crippen LogP contribution in [-0.4, -0.2) is 38.8 Å². The van der Waals surface area contributed by atoms with Gasteiger partial charge in [-0.15, -0.1) is 0 Å². The molecule has 1 aliphatic heterocycles. The van der Waals surface area contributed by atoms with Crippen molar-refractivity contribution in [3.05, 3.63) is 111 Å². The van der Waals surface area contributed by atoms with Crippen LogP contribution in [-0.2, 0) is 17.8 Å². The predicted octanol–water partition coefficient (Wildman–Crippen LogP) is 7.81. The zero-order valence-electron chi connectivity index (χ0n) is 25.6. The smallest absolute Gasteiger partial charge is 0.335 e. The summed E-state index contributed by atoms with van der Waals surface area (Å²) < 4.78 is 57.4. The van der Waals surface area contributed by atoms with Gasteiger partial charge in [-0.05, 0) is 60.5 Å². The number of nitrogens with zero attached hydrogens (tertiary/aromatic N) is 4. The molecule has 1 aliphatic rings. The van der Waals surface area contributed by atoms with Gasteiger partial charge in [0.05, 0.1) is 47.7 Å². The molecule has 1 atom stereocenters. The first kappa shape index (κ1) is 32.0. The van der Waals surface area contributed by atoms with Crippen molar-refractivity contribution < 1.29 is 32.5 Å². The number of hydrogen-bond donors (Lipinski definition) is 1. The number of pyridine rings is 1. The third-order valence-electron chi connectivity index (χ3n) is 8.41. The summed E-state index contributed by atoms with van der Waals surface area (Å²) in [7, 11) is 0. The average Bonchev–Trinajstić information content (AvgIpc) is 3.56. The highest BCUT2D eigenvalue weighted by atomic mass is 35.5. The maximum Gasteiger partial charge on any atom is 0.335 e. The normalized spacial score (nSPS) is 15.6. The van der Waals surface area contributed by atoms with Gasteiger partial charge in [0, 0.05) is 28.0 Å². The Balaban J connectivity index is 1.34. The number of halogens is 4. The first-order valence-corrected chi connectivity index (χ1v) is 15.0. The van der Waals surface area contributed by atoms with E-state index in [4.69, 9.17) is 26.3 Å². The number of benzene rings is 3. The standard InChI is InChI=1S/C35H28ClF3N4O4/c1-18-8-21(12-31-42-32-27(39)10-22(34(44)45)11-29(32)43(31)30-16-46-17-35(30,2)3)24(36)13-23(18)28-7-6-25(37)33(41-28)47-15-20-5-4-19(14-40)9-26(20)38/h4-11,13,30H,12,15-17H2,1-3H3,(H,44,45)/t30-/m1/s1. The van der Waals surface area contributed by atoms with Crippen LogP contribution in [0.5, 0.6) is 5.88 Å². The van der Waals surface area contributed by atoms with Crippen molar-refractivity contribution in [1.82, 2.24) is 14.5 Å². The number of ether oxygens (including phenoxy) is 2. The second-order valence-corrected chi connectivity index (χ2v) is 12.6. The molecule has 240 valence electrons. The number of carboxylic acid groups (broad SMARTS) is 1. The van der Waals surface area contributed by atoms with Crippen LogP contribution in [0.1, 0.15) is 58.3 Å². The van der Waals surface area contributed by atoms with Gasteiger partial charge >= 0.3 is 5.97 Å². The molecular formula is C35H28ClF3N4O4. The predicted molar refractivity (Wildman–Crippen MR) is 168 cm³/mol. The molecule has 0 unspecified atom stereocenters. The van der Waals surface area contributed by atoms with Crippen LogP contribution < -0.4 is 4.74 Å². The number of hydrogen-bond acceptors (Lipinski definition) is 6. The zero-order chi connectivity index (χ0) is 33.6. The van der Waals surface area contributed by atoms with Crippen molar-refractivity contribution in [2.75, 3.05) is 13.2 Å². The number of imidazole rings is 1. The van der Waals surface area contributed by atoms with Gasteiger partial charge in [0.15, 0.2) is 11.6 Å². The summed E-state index contributed by atoms with van der Waals surface area (Å²) in [4.78, 5) is 20.7. The van der Waals surface area contributed by atoms with E-state index in [1.807, 2.05) is 37.5 Å². The van der Waals surface area contributed by atoms with Gasteiger partial charge in [-0.1, -0.05) is 37.6 Å². The lowest BCUT2D eigenvalue weighted by molar-refractivity contribution is 0.0696. The molecule has 1 fully saturated rings. The Labute approximate surface area is 273 Å². The lowest BCUT2D eigenvalue weighted by Crippen LogP contribution is -2.27. The van der Waals surface area contributed by atoms with E-state index >= 15 is 4.39 Å². The molecule has 0 bridgehead atoms. The molecule has 8 nitrogen and oxygen atoms in total. The van der Waals surface area contributed by atoms with E-state index in [1.165, 1.54) is 30.3 Å². The second-order valence-electron chi connectivity index (χ2n) is 12.2. The molecule has 1 N–H and O–H groups in total. The first-order valence-electron chi connectivity index (χ1n) is 14.6. The zero-order valence-corrected chi connectivity index (χ0v) is 26.3. The second kappa shape index (κ2) is 12.4. The van der Waals surface area contributed by atoms with Gasteiger partial charge in [0.1, 0.15) is 23.8 Å². The Morgan fingerprint density at radius 1 is 1.09 bits per heavy atom. The largest absolute Gasteiger partial charge is 0.478 e. The van der Waals surface area contributed by atoms with Crippen LogP contribution in [0, 0.1) is 41.1 Å². The summed E-state index contributed by atoms with van der Waals surface area (Å²) in [5, 5.41) is 18.9. The number of rotatable bonds is 8. The van der Waals surface area contributed by atoms with Crippen LogP contribution in [0.3, 0.4) is 0 Å². The topological polar surface area (TPSA) is 110 Å². The molecule has 0 spiro atoms. The highest BCUT2D eigenvalue weighted by molar-refractivity contribution is 6.31. The summed E-state index contributed by atoms with van der Waals surface area (Å²) in [6.07, 6.45) is 0.199. The molecule has 0 aliphatic carbocycles. The van der Waals surface area contributed by atoms with E-state index in [0.717, 1.165) is 17.7 Å². The number of carbonyl (C=O) groups is 1. The first-order chi connectivity index (χ1) is 22.4. The summed E-state index contributed by atoms with van der Waals surface area (Å²) in [5.41, 5.74) is 2.57. The molecule has 0 amide bonds. The third kappa shape index (κ3) is 6.14. The summed E-state index contributed by atoms with van der Waals surface area (Å²) in [6.45, 7) is 6.39. The fourth-order valence-corrected chi connectivity index (χ4v) is 6.08. The molecule has 6 rings (SSSR count). The van der Waals surface area contributed by atoms with Gasteiger partial charge in [-0.25, -0.2) is 27.9 Å². The number of aromatic carboxylic acids is 1. The minimum Gasteiger partial charge on any atom is -0.478 e. The van der Waals surface area contributed by atoms with E-state index in [0.29, 0.717) is 46.4 Å². The number of nitriles is 1. The fraction of sp³-hybridized carbons (Fsp3) is 0.257. The number of aromatic nitrogens is 3. The van der Waals surface area contributed by atoms with Crippen molar-refractivity contribution in [3.8, 4) is 23.2 Å². The van der Waals surface area contributed by atoms with E-state index in [1.54, 1.807) is 6.07 Å². The molecule has 12 heteroatoms. The van der Waals surface area contributed by atoms with Crippen LogP contribution in [0.4, 0.5) is 13.2 Å². The third-order valence-corrected chi connectivity index (χ3v) is 8.76. The minimum absolute atomic E-state index is 0.0566. The molecule has 1 saturated heterocycles. The molecule has 3 aromatic carbocycles. The highest BCUT2D eigenvalue weighted by Crippen LogP contribution is 2.41. The van der Waals surface area contributed by atoms with E-state index in [9.17, 15) is 18.7 Å². The number of carboxylic acids is 1. The summed E-state index contributed by atoms with van der Waals surface area (Å²) >= 11 is 6.81. The quantitative estimate of drug-likeness (QED) is 0.181. The van der Waals surface area contributed by atoms with Crippen LogP contribution >= 0.6 is 11.6 Å². The molecular weight excluding hydrogens is 633 g/mol. The molecule has 5 aromatic rings. The van der Waals surface area contributed by atoms with Crippen molar-refractivity contribution >= 4 is 28.6 Å². The van der Waals surface area contributed by atoms with Crippen LogP contribution in [0.2, 0.25) is 5.02 Å². The molecule has 2 aromatic heterocycles. The van der Waals surface area contributed by atoms with Gasteiger partial charge < -0.3 is 19.1 Å². The average molecular weight is 661 g/mol. The van der Waals surface area contributed by atoms with Gasteiger partial charge in [-0.2, -0.15) is 5.26 Å². The van der Waals surface area contributed by atoms with Crippen molar-refractivity contribution in [2.24, 2.45) is 5.41 Å². The van der Waals surface area contributed by atoms with Crippen LogP contribution in [0.25, 0.3) is 22.3 Å². The lowest BCUT2D eigenvalue weighted by atomic mass is 9.87. The molecule has 47 heavy (non-hydrogen) atoms. The fourth-order valence-electron chi connectivity index (χ4n) is 5.85. The van der Waals surface area contributed by atoms with Gasteiger partial charge in [-0.3, -0.25) is 0 Å². The maximum atomic E-state index is 15.2. The van der Waals surface area contributed by atoms with E-state index < -0.39 is 23.4 Å². The van der Waals surface area contributed by atoms with Gasteiger partial charge in [0.2, 0.25) is 0 Å². The molecule has 0 radical (unpaired) electrons. The summed E-state index contributed by atoms with van der Waals surface area (Å²) in [5.74, 6) is -3.22. The number of fused-ring (bicyclic) bond motifs is 1. The Bertz CT molecular complexity index is 2110. The minimum atomic E-state index is -1.25. The molecule has 3 heterocycles. The Morgan fingerprint density at radius 3 is 2.55 bits per heavy atom. The van der Waals surface area contributed by atoms with Crippen molar-refractivity contribution in [1.29, 1.82) is 5.26 Å². The summed E-state index contributed by atoms with van der Waals surface area (Å²) in [6, 6.07) is 14.1. The Morgan fingerprint density at radius 2 is 1.87 bits per heavy atom. The Kier molecular flexibility index (Phi) is 8.42. The molecule has 0 saturated carbocycles. The lowest BCUT2D eigenvalue weighted by Gasteiger charge is -2.28. The van der Waals surface area contributed by atoms with E-state index in [2.05, 4.69) is 9.97 Å². The maximum absolute atomic E-state index is 15.2. The van der Waals surface area contributed by atoms with Gasteiger partial charge in [0.25, 0.3) is 5.88 Å². The number of aryl methyl sites for hydroxylation is 1. The Hall–Kier alpha value is -4.92.